The summed E-state index contributed by atoms with van der Waals surface area (Å²) in [5, 5.41) is 0.883. The minimum atomic E-state index is 0.180. The summed E-state index contributed by atoms with van der Waals surface area (Å²) < 4.78 is 0. The molecule has 2 aromatic rings. The maximum Gasteiger partial charge on any atom is 0.221 e. The van der Waals surface area contributed by atoms with Gasteiger partial charge in [-0.15, -0.1) is 0 Å². The molecule has 1 heterocycles. The highest BCUT2D eigenvalue weighted by Gasteiger charge is 2.13. The zero-order valence-corrected chi connectivity index (χ0v) is 12.6. The summed E-state index contributed by atoms with van der Waals surface area (Å²) in [6, 6.07) is 10.5. The smallest absolute Gasteiger partial charge is 0.221 e. The Bertz CT molecular complexity index is 551. The SMILES string of the molecule is Cc1cc(Sc2ccc(C(C)(C)C)cc2)nc(N)n1. The lowest BCUT2D eigenvalue weighted by Crippen LogP contribution is -2.10. The highest BCUT2D eigenvalue weighted by atomic mass is 32.2. The third-order valence-corrected chi connectivity index (χ3v) is 3.72. The van der Waals surface area contributed by atoms with Crippen molar-refractivity contribution in [1.82, 2.24) is 9.97 Å². The van der Waals surface area contributed by atoms with Crippen LogP contribution in [0, 0.1) is 6.92 Å². The van der Waals surface area contributed by atoms with Crippen LogP contribution in [0.5, 0.6) is 0 Å². The average molecular weight is 273 g/mol. The Labute approximate surface area is 118 Å². The number of nitrogens with zero attached hydrogens (tertiary/aromatic N) is 2. The van der Waals surface area contributed by atoms with Crippen molar-refractivity contribution in [3.63, 3.8) is 0 Å². The summed E-state index contributed by atoms with van der Waals surface area (Å²) in [6.07, 6.45) is 0. The van der Waals surface area contributed by atoms with Crippen LogP contribution in [0.1, 0.15) is 32.0 Å². The second-order valence-corrected chi connectivity index (χ2v) is 6.68. The van der Waals surface area contributed by atoms with Gasteiger partial charge >= 0.3 is 0 Å². The summed E-state index contributed by atoms with van der Waals surface area (Å²) in [6.45, 7) is 8.56. The molecule has 1 aromatic carbocycles. The minimum absolute atomic E-state index is 0.180. The first-order valence-corrected chi connectivity index (χ1v) is 7.06. The number of aromatic nitrogens is 2. The van der Waals surface area contributed by atoms with Crippen LogP contribution in [0.4, 0.5) is 5.95 Å². The first-order chi connectivity index (χ1) is 8.84. The average Bonchev–Trinajstić information content (AvgIpc) is 2.26. The van der Waals surface area contributed by atoms with Gasteiger partial charge in [0.1, 0.15) is 5.03 Å². The van der Waals surface area contributed by atoms with Crippen molar-refractivity contribution in [2.75, 3.05) is 5.73 Å². The molecule has 0 saturated carbocycles. The van der Waals surface area contributed by atoms with E-state index in [1.807, 2.05) is 13.0 Å². The maximum absolute atomic E-state index is 5.66. The number of hydrogen-bond donors (Lipinski definition) is 1. The van der Waals surface area contributed by atoms with Gasteiger partial charge < -0.3 is 5.73 Å². The lowest BCUT2D eigenvalue weighted by atomic mass is 9.87. The molecule has 0 aliphatic rings. The number of nitrogen functional groups attached to an aromatic ring is 1. The molecular weight excluding hydrogens is 254 g/mol. The van der Waals surface area contributed by atoms with Crippen LogP contribution >= 0.6 is 11.8 Å². The second-order valence-electron chi connectivity index (χ2n) is 5.58. The van der Waals surface area contributed by atoms with E-state index in [2.05, 4.69) is 55.0 Å². The topological polar surface area (TPSA) is 51.8 Å². The predicted octanol–water partition coefficient (Wildman–Crippen LogP) is 3.82. The van der Waals surface area contributed by atoms with Gasteiger partial charge in [0.25, 0.3) is 0 Å². The van der Waals surface area contributed by atoms with Crippen LogP contribution in [-0.4, -0.2) is 9.97 Å². The molecule has 0 radical (unpaired) electrons. The molecule has 0 amide bonds. The molecule has 2 N–H and O–H groups in total. The van der Waals surface area contributed by atoms with Crippen LogP contribution in [0.2, 0.25) is 0 Å². The number of nitrogens with two attached hydrogens (primary N) is 1. The van der Waals surface area contributed by atoms with Gasteiger partial charge in [0.15, 0.2) is 0 Å². The molecule has 0 fully saturated rings. The van der Waals surface area contributed by atoms with Crippen molar-refractivity contribution in [3.05, 3.63) is 41.6 Å². The van der Waals surface area contributed by atoms with Gasteiger partial charge in [-0.2, -0.15) is 0 Å². The number of aryl methyl sites for hydroxylation is 1. The largest absolute Gasteiger partial charge is 0.368 e. The Hall–Kier alpha value is -1.55. The maximum atomic E-state index is 5.66. The molecule has 19 heavy (non-hydrogen) atoms. The molecule has 0 aliphatic heterocycles. The predicted molar refractivity (Wildman–Crippen MR) is 80.4 cm³/mol. The Morgan fingerprint density at radius 3 is 2.21 bits per heavy atom. The molecular formula is C15H19N3S. The van der Waals surface area contributed by atoms with Gasteiger partial charge in [-0.3, -0.25) is 0 Å². The van der Waals surface area contributed by atoms with Crippen LogP contribution < -0.4 is 5.73 Å². The van der Waals surface area contributed by atoms with E-state index < -0.39 is 0 Å². The molecule has 0 bridgehead atoms. The van der Waals surface area contributed by atoms with Crippen LogP contribution in [0.25, 0.3) is 0 Å². The summed E-state index contributed by atoms with van der Waals surface area (Å²) >= 11 is 1.60. The zero-order chi connectivity index (χ0) is 14.0. The van der Waals surface area contributed by atoms with Crippen molar-refractivity contribution in [2.45, 2.75) is 43.0 Å². The Morgan fingerprint density at radius 1 is 1.05 bits per heavy atom. The Balaban J connectivity index is 2.20. The van der Waals surface area contributed by atoms with E-state index in [0.29, 0.717) is 5.95 Å². The van der Waals surface area contributed by atoms with E-state index in [1.54, 1.807) is 11.8 Å². The fourth-order valence-electron chi connectivity index (χ4n) is 1.76. The van der Waals surface area contributed by atoms with Crippen LogP contribution in [0.15, 0.2) is 40.3 Å². The lowest BCUT2D eigenvalue weighted by molar-refractivity contribution is 0.590. The van der Waals surface area contributed by atoms with E-state index in [1.165, 1.54) is 5.56 Å². The van der Waals surface area contributed by atoms with E-state index in [-0.39, 0.29) is 5.41 Å². The fraction of sp³-hybridized carbons (Fsp3) is 0.333. The van der Waals surface area contributed by atoms with Gasteiger partial charge in [-0.05, 0) is 36.1 Å². The van der Waals surface area contributed by atoms with E-state index in [4.69, 9.17) is 5.73 Å². The Kier molecular flexibility index (Phi) is 3.80. The fourth-order valence-corrected chi connectivity index (χ4v) is 2.64. The van der Waals surface area contributed by atoms with E-state index in [9.17, 15) is 0 Å². The second kappa shape index (κ2) is 5.21. The van der Waals surface area contributed by atoms with Gasteiger partial charge in [0, 0.05) is 10.6 Å². The summed E-state index contributed by atoms with van der Waals surface area (Å²) in [4.78, 5) is 9.46. The van der Waals surface area contributed by atoms with Gasteiger partial charge in [0.2, 0.25) is 5.95 Å². The van der Waals surface area contributed by atoms with E-state index >= 15 is 0 Å². The quantitative estimate of drug-likeness (QED) is 0.845. The molecule has 1 aromatic heterocycles. The van der Waals surface area contributed by atoms with Crippen LogP contribution in [0.3, 0.4) is 0 Å². The first kappa shape index (κ1) is 13.9. The molecule has 0 aliphatic carbocycles. The monoisotopic (exact) mass is 273 g/mol. The normalized spacial score (nSPS) is 11.6. The van der Waals surface area contributed by atoms with Crippen molar-refractivity contribution in [1.29, 1.82) is 0 Å². The molecule has 4 heteroatoms. The summed E-state index contributed by atoms with van der Waals surface area (Å²) in [5.74, 6) is 0.328. The van der Waals surface area contributed by atoms with Crippen molar-refractivity contribution < 1.29 is 0 Å². The lowest BCUT2D eigenvalue weighted by Gasteiger charge is -2.19. The molecule has 0 atom stereocenters. The van der Waals surface area contributed by atoms with Crippen molar-refractivity contribution in [2.24, 2.45) is 0 Å². The molecule has 2 rings (SSSR count). The van der Waals surface area contributed by atoms with Crippen molar-refractivity contribution in [3.8, 4) is 0 Å². The Morgan fingerprint density at radius 2 is 1.68 bits per heavy atom. The van der Waals surface area contributed by atoms with Crippen LogP contribution in [-0.2, 0) is 5.41 Å². The number of hydrogen-bond acceptors (Lipinski definition) is 4. The molecule has 0 saturated heterocycles. The number of anilines is 1. The molecule has 0 unspecified atom stereocenters. The minimum Gasteiger partial charge on any atom is -0.368 e. The first-order valence-electron chi connectivity index (χ1n) is 6.24. The van der Waals surface area contributed by atoms with E-state index in [0.717, 1.165) is 15.6 Å². The van der Waals surface area contributed by atoms with Gasteiger partial charge in [0.05, 0.1) is 0 Å². The highest BCUT2D eigenvalue weighted by Crippen LogP contribution is 2.29. The zero-order valence-electron chi connectivity index (χ0n) is 11.8. The highest BCUT2D eigenvalue weighted by molar-refractivity contribution is 7.99. The van der Waals surface area contributed by atoms with Gasteiger partial charge in [-0.25, -0.2) is 9.97 Å². The third kappa shape index (κ3) is 3.70. The summed E-state index contributed by atoms with van der Waals surface area (Å²) in [5.41, 5.74) is 8.06. The third-order valence-electron chi connectivity index (χ3n) is 2.79. The van der Waals surface area contributed by atoms with Crippen molar-refractivity contribution >= 4 is 17.7 Å². The van der Waals surface area contributed by atoms with Gasteiger partial charge in [-0.1, -0.05) is 44.7 Å². The molecule has 0 spiro atoms. The molecule has 3 nitrogen and oxygen atoms in total. The number of benzene rings is 1. The molecule has 100 valence electrons. The number of rotatable bonds is 2. The standard InChI is InChI=1S/C15H19N3S/c1-10-9-13(18-14(16)17-10)19-12-7-5-11(6-8-12)15(2,3)4/h5-9H,1-4H3,(H2,16,17,18). The summed E-state index contributed by atoms with van der Waals surface area (Å²) in [7, 11) is 0.